The van der Waals surface area contributed by atoms with Gasteiger partial charge in [0.2, 0.25) is 0 Å². The third-order valence-electron chi connectivity index (χ3n) is 2.23. The molecule has 0 fully saturated rings. The molecule has 1 rings (SSSR count). The minimum atomic E-state index is -4.69. The summed E-state index contributed by atoms with van der Waals surface area (Å²) in [6.07, 6.45) is -6.42. The highest BCUT2D eigenvalue weighted by molar-refractivity contribution is 5.72. The highest BCUT2D eigenvalue weighted by Gasteiger charge is 2.33. The molecule has 8 heteroatoms. The van der Waals surface area contributed by atoms with Gasteiger partial charge in [-0.2, -0.15) is 18.4 Å². The molecule has 0 aliphatic heterocycles. The van der Waals surface area contributed by atoms with E-state index in [1.807, 2.05) is 0 Å². The molecule has 1 aromatic carbocycles. The normalized spacial score (nSPS) is 12.6. The highest BCUT2D eigenvalue weighted by atomic mass is 19.4. The fourth-order valence-corrected chi connectivity index (χ4v) is 1.29. The van der Waals surface area contributed by atoms with Crippen LogP contribution < -0.4 is 5.32 Å². The van der Waals surface area contributed by atoms with Gasteiger partial charge in [0.25, 0.3) is 0 Å². The largest absolute Gasteiger partial charge is 0.479 e. The number of hydrogen-bond acceptors (Lipinski definition) is 4. The molecule has 102 valence electrons. The van der Waals surface area contributed by atoms with Gasteiger partial charge < -0.3 is 15.5 Å². The molecule has 1 aromatic rings. The van der Waals surface area contributed by atoms with Crippen molar-refractivity contribution >= 4 is 11.7 Å². The average molecular weight is 274 g/mol. The summed E-state index contributed by atoms with van der Waals surface area (Å²) < 4.78 is 37.9. The van der Waals surface area contributed by atoms with Crippen LogP contribution in [0.2, 0.25) is 0 Å². The van der Waals surface area contributed by atoms with Crippen LogP contribution in [0, 0.1) is 11.3 Å². The summed E-state index contributed by atoms with van der Waals surface area (Å²) in [6.45, 7) is -0.446. The van der Waals surface area contributed by atoms with Crippen molar-refractivity contribution in [3.8, 4) is 6.07 Å². The number of anilines is 1. The van der Waals surface area contributed by atoms with E-state index in [2.05, 4.69) is 5.32 Å². The maximum absolute atomic E-state index is 12.6. The lowest BCUT2D eigenvalue weighted by atomic mass is 10.1. The highest BCUT2D eigenvalue weighted by Crippen LogP contribution is 2.33. The molecule has 19 heavy (non-hydrogen) atoms. The Morgan fingerprint density at radius 1 is 1.47 bits per heavy atom. The van der Waals surface area contributed by atoms with Crippen molar-refractivity contribution in [3.63, 3.8) is 0 Å². The van der Waals surface area contributed by atoms with E-state index in [9.17, 15) is 18.0 Å². The molecule has 0 unspecified atom stereocenters. The van der Waals surface area contributed by atoms with E-state index in [4.69, 9.17) is 15.5 Å². The molecular weight excluding hydrogens is 265 g/mol. The number of benzene rings is 1. The van der Waals surface area contributed by atoms with Gasteiger partial charge in [-0.1, -0.05) is 0 Å². The number of carboxylic acids is 1. The zero-order valence-electron chi connectivity index (χ0n) is 9.40. The second kappa shape index (κ2) is 5.58. The van der Waals surface area contributed by atoms with Crippen LogP contribution in [-0.2, 0) is 11.0 Å². The second-order valence-corrected chi connectivity index (χ2v) is 3.60. The van der Waals surface area contributed by atoms with Gasteiger partial charge in [0, 0.05) is 5.69 Å². The maximum Gasteiger partial charge on any atom is 0.417 e. The van der Waals surface area contributed by atoms with E-state index >= 15 is 0 Å². The Morgan fingerprint density at radius 2 is 2.11 bits per heavy atom. The number of aliphatic carboxylic acids is 1. The van der Waals surface area contributed by atoms with Gasteiger partial charge in [-0.25, -0.2) is 4.79 Å². The standard InChI is InChI=1S/C11H9F3N2O3/c12-11(13,14)8-3-7(2-1-6(8)4-15)16-5-9(17)10(18)19/h1-3,9,16-17H,5H2,(H,18,19)/t9-/m0/s1. The number of hydrogen-bond donors (Lipinski definition) is 3. The molecule has 0 amide bonds. The Morgan fingerprint density at radius 3 is 2.58 bits per heavy atom. The van der Waals surface area contributed by atoms with Crippen molar-refractivity contribution in [1.82, 2.24) is 0 Å². The van der Waals surface area contributed by atoms with Gasteiger partial charge in [-0.05, 0) is 18.2 Å². The number of aliphatic hydroxyl groups excluding tert-OH is 1. The number of carboxylic acid groups (broad SMARTS) is 1. The molecule has 0 bridgehead atoms. The molecule has 0 spiro atoms. The molecule has 0 radical (unpaired) electrons. The lowest BCUT2D eigenvalue weighted by Crippen LogP contribution is -2.28. The first-order chi connectivity index (χ1) is 8.75. The molecular formula is C11H9F3N2O3. The molecule has 0 aliphatic carbocycles. The van der Waals surface area contributed by atoms with Gasteiger partial charge >= 0.3 is 12.1 Å². The summed E-state index contributed by atoms with van der Waals surface area (Å²) in [5.74, 6) is -1.49. The van der Waals surface area contributed by atoms with Gasteiger partial charge in [0.1, 0.15) is 0 Å². The van der Waals surface area contributed by atoms with Crippen molar-refractivity contribution in [2.45, 2.75) is 12.3 Å². The fraction of sp³-hybridized carbons (Fsp3) is 0.273. The van der Waals surface area contributed by atoms with Crippen LogP contribution in [0.3, 0.4) is 0 Å². The van der Waals surface area contributed by atoms with Crippen molar-refractivity contribution in [3.05, 3.63) is 29.3 Å². The Labute approximate surface area is 105 Å². The summed E-state index contributed by atoms with van der Waals surface area (Å²) in [6, 6.07) is 4.28. The van der Waals surface area contributed by atoms with E-state index in [-0.39, 0.29) is 5.69 Å². The number of alkyl halides is 3. The van der Waals surface area contributed by atoms with Crippen LogP contribution in [0.25, 0.3) is 0 Å². The Bertz CT molecular complexity index is 523. The molecule has 3 N–H and O–H groups in total. The van der Waals surface area contributed by atoms with E-state index in [1.165, 1.54) is 12.1 Å². The van der Waals surface area contributed by atoms with Crippen molar-refractivity contribution in [1.29, 1.82) is 5.26 Å². The SMILES string of the molecule is N#Cc1ccc(NC[C@H](O)C(=O)O)cc1C(F)(F)F. The summed E-state index contributed by atoms with van der Waals surface area (Å²) in [7, 11) is 0. The third-order valence-corrected chi connectivity index (χ3v) is 2.23. The summed E-state index contributed by atoms with van der Waals surface area (Å²) in [5.41, 5.74) is -1.69. The first-order valence-electron chi connectivity index (χ1n) is 5.01. The molecule has 0 aliphatic rings. The van der Waals surface area contributed by atoms with Crippen LogP contribution in [-0.4, -0.2) is 28.8 Å². The lowest BCUT2D eigenvalue weighted by Gasteiger charge is -2.13. The summed E-state index contributed by atoms with van der Waals surface area (Å²) in [4.78, 5) is 10.3. The molecule has 0 aromatic heterocycles. The van der Waals surface area contributed by atoms with Gasteiger partial charge in [-0.3, -0.25) is 0 Å². The van der Waals surface area contributed by atoms with Crippen LogP contribution in [0.1, 0.15) is 11.1 Å². The molecule has 1 atom stereocenters. The first-order valence-corrected chi connectivity index (χ1v) is 5.01. The van der Waals surface area contributed by atoms with Crippen LogP contribution >= 0.6 is 0 Å². The quantitative estimate of drug-likeness (QED) is 0.772. The number of nitrogens with zero attached hydrogens (tertiary/aromatic N) is 1. The van der Waals surface area contributed by atoms with E-state index in [0.29, 0.717) is 6.07 Å². The lowest BCUT2D eigenvalue weighted by molar-refractivity contribution is -0.145. The summed E-state index contributed by atoms with van der Waals surface area (Å²) >= 11 is 0. The monoisotopic (exact) mass is 274 g/mol. The first kappa shape index (κ1) is 14.8. The minimum Gasteiger partial charge on any atom is -0.479 e. The molecule has 5 nitrogen and oxygen atoms in total. The maximum atomic E-state index is 12.6. The van der Waals surface area contributed by atoms with E-state index < -0.39 is 35.9 Å². The fourth-order valence-electron chi connectivity index (χ4n) is 1.29. The minimum absolute atomic E-state index is 0.0355. The van der Waals surface area contributed by atoms with Gasteiger partial charge in [0.05, 0.1) is 23.7 Å². The van der Waals surface area contributed by atoms with Crippen LogP contribution in [0.5, 0.6) is 0 Å². The predicted molar refractivity (Wildman–Crippen MR) is 58.3 cm³/mol. The predicted octanol–water partition coefficient (Wildman–Crippen LogP) is 1.43. The van der Waals surface area contributed by atoms with Gasteiger partial charge in [0.15, 0.2) is 6.10 Å². The number of aliphatic hydroxyl groups is 1. The van der Waals surface area contributed by atoms with Crippen molar-refractivity contribution < 1.29 is 28.2 Å². The summed E-state index contributed by atoms with van der Waals surface area (Å²) in [5, 5.41) is 28.3. The van der Waals surface area contributed by atoms with Gasteiger partial charge in [-0.15, -0.1) is 0 Å². The Hall–Kier alpha value is -2.27. The smallest absolute Gasteiger partial charge is 0.417 e. The van der Waals surface area contributed by atoms with Crippen molar-refractivity contribution in [2.24, 2.45) is 0 Å². The van der Waals surface area contributed by atoms with Crippen LogP contribution in [0.4, 0.5) is 18.9 Å². The van der Waals surface area contributed by atoms with Crippen LogP contribution in [0.15, 0.2) is 18.2 Å². The zero-order valence-corrected chi connectivity index (χ0v) is 9.40. The Kier molecular flexibility index (Phi) is 4.34. The second-order valence-electron chi connectivity index (χ2n) is 3.60. The number of nitrogens with one attached hydrogen (secondary N) is 1. The zero-order chi connectivity index (χ0) is 14.6. The third kappa shape index (κ3) is 3.86. The number of carbonyl (C=O) groups is 1. The Balaban J connectivity index is 2.94. The topological polar surface area (TPSA) is 93.4 Å². The average Bonchev–Trinajstić information content (AvgIpc) is 2.34. The molecule has 0 saturated carbocycles. The van der Waals surface area contributed by atoms with Crippen molar-refractivity contribution in [2.75, 3.05) is 11.9 Å². The number of nitriles is 1. The van der Waals surface area contributed by atoms with E-state index in [0.717, 1.165) is 6.07 Å². The molecule has 0 saturated heterocycles. The molecule has 0 heterocycles. The number of halogens is 3. The van der Waals surface area contributed by atoms with E-state index in [1.54, 1.807) is 0 Å². The number of rotatable bonds is 4.